The van der Waals surface area contributed by atoms with Gasteiger partial charge in [0, 0.05) is 37.4 Å². The van der Waals surface area contributed by atoms with Crippen molar-refractivity contribution in [2.24, 2.45) is 0 Å². The van der Waals surface area contributed by atoms with Gasteiger partial charge in [-0.1, -0.05) is 0 Å². The maximum atomic E-state index is 4.58. The van der Waals surface area contributed by atoms with E-state index in [-0.39, 0.29) is 5.54 Å². The molecule has 3 heterocycles. The summed E-state index contributed by atoms with van der Waals surface area (Å²) in [6.07, 6.45) is 4.89. The van der Waals surface area contributed by atoms with Gasteiger partial charge in [-0.3, -0.25) is 0 Å². The normalized spacial score (nSPS) is 18.5. The summed E-state index contributed by atoms with van der Waals surface area (Å²) in [5.74, 6) is 1.47. The SMILES string of the molecule is CC1(C)CNCCN1c1nccc(-n2cncn2)n1. The second-order valence-electron chi connectivity index (χ2n) is 5.20. The minimum atomic E-state index is -0.000754. The highest BCUT2D eigenvalue weighted by Crippen LogP contribution is 2.22. The van der Waals surface area contributed by atoms with Gasteiger partial charge in [0.05, 0.1) is 0 Å². The van der Waals surface area contributed by atoms with Crippen LogP contribution in [0.25, 0.3) is 5.82 Å². The van der Waals surface area contributed by atoms with Crippen molar-refractivity contribution < 1.29 is 0 Å². The maximum absolute atomic E-state index is 4.58. The number of nitrogens with zero attached hydrogens (tertiary/aromatic N) is 6. The molecule has 1 N–H and O–H groups in total. The molecule has 3 rings (SSSR count). The summed E-state index contributed by atoms with van der Waals surface area (Å²) in [6, 6.07) is 1.83. The molecule has 0 unspecified atom stereocenters. The molecule has 1 aliphatic heterocycles. The lowest BCUT2D eigenvalue weighted by molar-refractivity contribution is 0.374. The van der Waals surface area contributed by atoms with Crippen LogP contribution in [0.1, 0.15) is 13.8 Å². The first-order valence-electron chi connectivity index (χ1n) is 6.33. The number of anilines is 1. The minimum absolute atomic E-state index is 0.000754. The Labute approximate surface area is 111 Å². The van der Waals surface area contributed by atoms with Crippen molar-refractivity contribution >= 4 is 5.95 Å². The first-order chi connectivity index (χ1) is 9.17. The van der Waals surface area contributed by atoms with Crippen molar-refractivity contribution in [3.63, 3.8) is 0 Å². The monoisotopic (exact) mass is 259 g/mol. The number of rotatable bonds is 2. The molecule has 0 aliphatic carbocycles. The number of hydrogen-bond acceptors (Lipinski definition) is 6. The predicted octanol–water partition coefficient (Wildman–Crippen LogP) is 0.245. The standard InChI is InChI=1S/C12H17N7/c1-12(2)7-13-5-6-18(12)11-15-4-3-10(17-11)19-9-14-8-16-19/h3-4,8-9,13H,5-7H2,1-2H3. The molecule has 0 aromatic carbocycles. The summed E-state index contributed by atoms with van der Waals surface area (Å²) in [4.78, 5) is 15.1. The average molecular weight is 259 g/mol. The Bertz CT molecular complexity index is 549. The summed E-state index contributed by atoms with van der Waals surface area (Å²) in [5, 5.41) is 7.49. The van der Waals surface area contributed by atoms with Crippen LogP contribution >= 0.6 is 0 Å². The van der Waals surface area contributed by atoms with Crippen molar-refractivity contribution in [2.45, 2.75) is 19.4 Å². The Morgan fingerprint density at radius 2 is 2.26 bits per heavy atom. The molecular formula is C12H17N7. The molecule has 0 atom stereocenters. The summed E-state index contributed by atoms with van der Waals surface area (Å²) >= 11 is 0. The van der Waals surface area contributed by atoms with Gasteiger partial charge < -0.3 is 10.2 Å². The van der Waals surface area contributed by atoms with Crippen LogP contribution in [0.5, 0.6) is 0 Å². The summed E-state index contributed by atoms with van der Waals surface area (Å²) in [6.45, 7) is 7.13. The Hall–Kier alpha value is -2.02. The molecule has 0 saturated carbocycles. The fourth-order valence-electron chi connectivity index (χ4n) is 2.28. The van der Waals surface area contributed by atoms with E-state index < -0.39 is 0 Å². The van der Waals surface area contributed by atoms with E-state index in [4.69, 9.17) is 0 Å². The third-order valence-electron chi connectivity index (χ3n) is 3.32. The molecule has 0 radical (unpaired) electrons. The number of hydrogen-bond donors (Lipinski definition) is 1. The molecule has 2 aromatic rings. The van der Waals surface area contributed by atoms with Gasteiger partial charge in [-0.25, -0.2) is 14.6 Å². The van der Waals surface area contributed by atoms with Gasteiger partial charge in [0.1, 0.15) is 12.7 Å². The Morgan fingerprint density at radius 1 is 1.37 bits per heavy atom. The van der Waals surface area contributed by atoms with E-state index in [0.717, 1.165) is 31.4 Å². The summed E-state index contributed by atoms with van der Waals surface area (Å²) in [5.41, 5.74) is -0.000754. The van der Waals surface area contributed by atoms with Gasteiger partial charge in [0.25, 0.3) is 0 Å². The highest BCUT2D eigenvalue weighted by Gasteiger charge is 2.31. The van der Waals surface area contributed by atoms with Crippen LogP contribution in [0.2, 0.25) is 0 Å². The molecule has 1 fully saturated rings. The van der Waals surface area contributed by atoms with Crippen molar-refractivity contribution in [2.75, 3.05) is 24.5 Å². The minimum Gasteiger partial charge on any atom is -0.333 e. The van der Waals surface area contributed by atoms with Crippen molar-refractivity contribution in [1.29, 1.82) is 0 Å². The van der Waals surface area contributed by atoms with Gasteiger partial charge in [-0.05, 0) is 13.8 Å². The molecule has 2 aromatic heterocycles. The van der Waals surface area contributed by atoms with E-state index in [1.165, 1.54) is 6.33 Å². The fourth-order valence-corrected chi connectivity index (χ4v) is 2.28. The molecule has 7 nitrogen and oxygen atoms in total. The molecule has 0 amide bonds. The number of piperazine rings is 1. The number of aromatic nitrogens is 5. The third kappa shape index (κ3) is 2.28. The van der Waals surface area contributed by atoms with Crippen LogP contribution in [0.3, 0.4) is 0 Å². The number of nitrogens with one attached hydrogen (secondary N) is 1. The van der Waals surface area contributed by atoms with Gasteiger partial charge >= 0.3 is 0 Å². The van der Waals surface area contributed by atoms with Crippen LogP contribution < -0.4 is 10.2 Å². The molecule has 0 spiro atoms. The Kier molecular flexibility index (Phi) is 2.90. The lowest BCUT2D eigenvalue weighted by Crippen LogP contribution is -2.58. The molecule has 19 heavy (non-hydrogen) atoms. The van der Waals surface area contributed by atoms with E-state index >= 15 is 0 Å². The van der Waals surface area contributed by atoms with Crippen molar-refractivity contribution in [3.05, 3.63) is 24.9 Å². The zero-order chi connectivity index (χ0) is 13.3. The Morgan fingerprint density at radius 3 is 3.00 bits per heavy atom. The van der Waals surface area contributed by atoms with E-state index in [1.807, 2.05) is 6.07 Å². The van der Waals surface area contributed by atoms with E-state index in [0.29, 0.717) is 0 Å². The smallest absolute Gasteiger partial charge is 0.227 e. The molecule has 1 saturated heterocycles. The topological polar surface area (TPSA) is 71.8 Å². The quantitative estimate of drug-likeness (QED) is 0.833. The Balaban J connectivity index is 1.95. The van der Waals surface area contributed by atoms with Crippen LogP contribution in [0.4, 0.5) is 5.95 Å². The summed E-state index contributed by atoms with van der Waals surface area (Å²) < 4.78 is 1.64. The molecule has 0 bridgehead atoms. The highest BCUT2D eigenvalue weighted by atomic mass is 15.4. The van der Waals surface area contributed by atoms with E-state index in [1.54, 1.807) is 17.2 Å². The van der Waals surface area contributed by atoms with Crippen LogP contribution in [-0.2, 0) is 0 Å². The average Bonchev–Trinajstić information content (AvgIpc) is 2.92. The largest absolute Gasteiger partial charge is 0.333 e. The van der Waals surface area contributed by atoms with Crippen LogP contribution in [0, 0.1) is 0 Å². The predicted molar refractivity (Wildman–Crippen MR) is 71.2 cm³/mol. The molecule has 1 aliphatic rings. The van der Waals surface area contributed by atoms with E-state index in [2.05, 4.69) is 44.1 Å². The van der Waals surface area contributed by atoms with Gasteiger partial charge in [-0.15, -0.1) is 0 Å². The van der Waals surface area contributed by atoms with E-state index in [9.17, 15) is 0 Å². The second-order valence-corrected chi connectivity index (χ2v) is 5.20. The maximum Gasteiger partial charge on any atom is 0.227 e. The summed E-state index contributed by atoms with van der Waals surface area (Å²) in [7, 11) is 0. The van der Waals surface area contributed by atoms with Crippen molar-refractivity contribution in [1.82, 2.24) is 30.0 Å². The fraction of sp³-hybridized carbons (Fsp3) is 0.500. The van der Waals surface area contributed by atoms with Gasteiger partial charge in [0.15, 0.2) is 5.82 Å². The van der Waals surface area contributed by atoms with Crippen LogP contribution in [0.15, 0.2) is 24.9 Å². The third-order valence-corrected chi connectivity index (χ3v) is 3.32. The zero-order valence-electron chi connectivity index (χ0n) is 11.1. The van der Waals surface area contributed by atoms with Gasteiger partial charge in [0.2, 0.25) is 5.95 Å². The second kappa shape index (κ2) is 4.58. The zero-order valence-corrected chi connectivity index (χ0v) is 11.1. The lowest BCUT2D eigenvalue weighted by atomic mass is 10.0. The lowest BCUT2D eigenvalue weighted by Gasteiger charge is -2.42. The molecular weight excluding hydrogens is 242 g/mol. The van der Waals surface area contributed by atoms with Gasteiger partial charge in [-0.2, -0.15) is 10.1 Å². The van der Waals surface area contributed by atoms with Crippen LogP contribution in [-0.4, -0.2) is 49.9 Å². The first kappa shape index (κ1) is 12.0. The first-order valence-corrected chi connectivity index (χ1v) is 6.33. The highest BCUT2D eigenvalue weighted by molar-refractivity contribution is 5.38. The molecule has 100 valence electrons. The molecule has 7 heteroatoms. The van der Waals surface area contributed by atoms with Crippen molar-refractivity contribution in [3.8, 4) is 5.82 Å².